The topological polar surface area (TPSA) is 101 Å². The summed E-state index contributed by atoms with van der Waals surface area (Å²) in [6, 6.07) is 2.73. The van der Waals surface area contributed by atoms with Gasteiger partial charge in [0.05, 0.1) is 4.92 Å². The molecule has 16 heavy (non-hydrogen) atoms. The van der Waals surface area contributed by atoms with E-state index in [2.05, 4.69) is 15.9 Å². The summed E-state index contributed by atoms with van der Waals surface area (Å²) in [5, 5.41) is 28.7. The van der Waals surface area contributed by atoms with Gasteiger partial charge in [-0.2, -0.15) is 0 Å². The normalized spacial score (nSPS) is 12.2. The molecule has 0 fully saturated rings. The van der Waals surface area contributed by atoms with Gasteiger partial charge >= 0.3 is 5.97 Å². The Morgan fingerprint density at radius 2 is 2.12 bits per heavy atom. The molecule has 0 heterocycles. The van der Waals surface area contributed by atoms with Gasteiger partial charge in [0.2, 0.25) is 0 Å². The summed E-state index contributed by atoms with van der Waals surface area (Å²) in [4.78, 5) is 20.7. The van der Waals surface area contributed by atoms with Crippen molar-refractivity contribution in [1.82, 2.24) is 0 Å². The van der Waals surface area contributed by atoms with Crippen molar-refractivity contribution >= 4 is 27.6 Å². The molecule has 0 radical (unpaired) electrons. The quantitative estimate of drug-likeness (QED) is 0.652. The Hall–Kier alpha value is -1.47. The van der Waals surface area contributed by atoms with Crippen molar-refractivity contribution < 1.29 is 19.9 Å². The number of halogens is 1. The van der Waals surface area contributed by atoms with E-state index in [-0.39, 0.29) is 15.7 Å². The SMILES string of the molecule is Cc1ccc(C(O)C(=O)O)c(Br)c1[N+](=O)[O-]. The number of carboxylic acid groups (broad SMARTS) is 1. The van der Waals surface area contributed by atoms with Crippen LogP contribution in [0.2, 0.25) is 0 Å². The lowest BCUT2D eigenvalue weighted by Gasteiger charge is -2.09. The van der Waals surface area contributed by atoms with Crippen LogP contribution in [0.25, 0.3) is 0 Å². The van der Waals surface area contributed by atoms with Crippen LogP contribution >= 0.6 is 15.9 Å². The van der Waals surface area contributed by atoms with Gasteiger partial charge in [0.15, 0.2) is 6.10 Å². The summed E-state index contributed by atoms with van der Waals surface area (Å²) in [6.45, 7) is 1.53. The molecule has 0 aliphatic heterocycles. The van der Waals surface area contributed by atoms with Gasteiger partial charge in [-0.05, 0) is 22.9 Å². The first kappa shape index (κ1) is 12.6. The van der Waals surface area contributed by atoms with Crippen molar-refractivity contribution in [3.8, 4) is 0 Å². The number of aliphatic hydroxyl groups is 1. The maximum Gasteiger partial charge on any atom is 0.337 e. The predicted octanol–water partition coefficient (Wildman–Crippen LogP) is 1.78. The standard InChI is InChI=1S/C9H8BrNO5/c1-4-2-3-5(8(12)9(13)14)6(10)7(4)11(15)16/h2-3,8,12H,1H3,(H,13,14). The van der Waals surface area contributed by atoms with Crippen LogP contribution in [-0.4, -0.2) is 21.1 Å². The molecule has 6 nitrogen and oxygen atoms in total. The molecule has 2 N–H and O–H groups in total. The molecule has 0 amide bonds. The minimum atomic E-state index is -1.78. The van der Waals surface area contributed by atoms with Crippen molar-refractivity contribution in [2.45, 2.75) is 13.0 Å². The van der Waals surface area contributed by atoms with Crippen LogP contribution in [0.15, 0.2) is 16.6 Å². The number of benzene rings is 1. The largest absolute Gasteiger partial charge is 0.479 e. The molecule has 0 saturated heterocycles. The highest BCUT2D eigenvalue weighted by atomic mass is 79.9. The highest BCUT2D eigenvalue weighted by Gasteiger charge is 2.25. The maximum atomic E-state index is 10.7. The van der Waals surface area contributed by atoms with Crippen LogP contribution in [0, 0.1) is 17.0 Å². The third kappa shape index (κ3) is 2.20. The molecule has 1 aromatic rings. The summed E-state index contributed by atoms with van der Waals surface area (Å²) >= 11 is 2.94. The first-order chi connectivity index (χ1) is 7.36. The Labute approximate surface area is 98.8 Å². The Morgan fingerprint density at radius 3 is 2.56 bits per heavy atom. The van der Waals surface area contributed by atoms with Gasteiger partial charge in [-0.1, -0.05) is 12.1 Å². The van der Waals surface area contributed by atoms with E-state index in [1.807, 2.05) is 0 Å². The fraction of sp³-hybridized carbons (Fsp3) is 0.222. The molecule has 1 atom stereocenters. The molecule has 1 unspecified atom stereocenters. The second-order valence-corrected chi connectivity index (χ2v) is 3.93. The van der Waals surface area contributed by atoms with Crippen LogP contribution in [0.4, 0.5) is 5.69 Å². The lowest BCUT2D eigenvalue weighted by Crippen LogP contribution is -2.12. The second-order valence-electron chi connectivity index (χ2n) is 3.13. The van der Waals surface area contributed by atoms with E-state index in [9.17, 15) is 20.0 Å². The zero-order chi connectivity index (χ0) is 12.5. The minimum Gasteiger partial charge on any atom is -0.479 e. The zero-order valence-corrected chi connectivity index (χ0v) is 9.76. The lowest BCUT2D eigenvalue weighted by atomic mass is 10.1. The van der Waals surface area contributed by atoms with Crippen molar-refractivity contribution in [3.63, 3.8) is 0 Å². The molecule has 7 heteroatoms. The number of nitro benzene ring substituents is 1. The Bertz CT molecular complexity index is 459. The highest BCUT2D eigenvalue weighted by Crippen LogP contribution is 2.34. The van der Waals surface area contributed by atoms with Gasteiger partial charge in [-0.15, -0.1) is 0 Å². The van der Waals surface area contributed by atoms with E-state index in [1.54, 1.807) is 0 Å². The Kier molecular flexibility index (Phi) is 3.61. The number of aliphatic hydroxyl groups excluding tert-OH is 1. The number of hydrogen-bond donors (Lipinski definition) is 2. The minimum absolute atomic E-state index is 0.00704. The summed E-state index contributed by atoms with van der Waals surface area (Å²) in [5.41, 5.74) is 0.112. The number of carbonyl (C=O) groups is 1. The summed E-state index contributed by atoms with van der Waals surface area (Å²) in [6.07, 6.45) is -1.78. The lowest BCUT2D eigenvalue weighted by molar-refractivity contribution is -0.386. The van der Waals surface area contributed by atoms with Crippen molar-refractivity contribution in [1.29, 1.82) is 0 Å². The molecular formula is C9H8BrNO5. The average molecular weight is 290 g/mol. The van der Waals surface area contributed by atoms with Crippen LogP contribution in [-0.2, 0) is 4.79 Å². The molecule has 0 spiro atoms. The second kappa shape index (κ2) is 4.58. The fourth-order valence-electron chi connectivity index (χ4n) is 1.25. The van der Waals surface area contributed by atoms with Gasteiger partial charge in [-0.3, -0.25) is 10.1 Å². The van der Waals surface area contributed by atoms with Gasteiger partial charge < -0.3 is 10.2 Å². The average Bonchev–Trinajstić information content (AvgIpc) is 2.16. The first-order valence-electron chi connectivity index (χ1n) is 4.20. The number of aliphatic carboxylic acids is 1. The third-order valence-electron chi connectivity index (χ3n) is 2.06. The van der Waals surface area contributed by atoms with Crippen LogP contribution in [0.1, 0.15) is 17.2 Å². The van der Waals surface area contributed by atoms with Crippen LogP contribution in [0.3, 0.4) is 0 Å². The van der Waals surface area contributed by atoms with Crippen molar-refractivity contribution in [2.75, 3.05) is 0 Å². The van der Waals surface area contributed by atoms with Crippen molar-refractivity contribution in [3.05, 3.63) is 37.8 Å². The van der Waals surface area contributed by atoms with E-state index < -0.39 is 17.0 Å². The smallest absolute Gasteiger partial charge is 0.337 e. The maximum absolute atomic E-state index is 10.7. The molecule has 0 aromatic heterocycles. The van der Waals surface area contributed by atoms with E-state index in [0.717, 1.165) is 0 Å². The molecule has 86 valence electrons. The number of carboxylic acids is 1. The van der Waals surface area contributed by atoms with Crippen molar-refractivity contribution in [2.24, 2.45) is 0 Å². The van der Waals surface area contributed by atoms with Gasteiger partial charge in [0.1, 0.15) is 4.47 Å². The Balaban J connectivity index is 3.40. The number of nitrogens with zero attached hydrogens (tertiary/aromatic N) is 1. The van der Waals surface area contributed by atoms with Crippen LogP contribution in [0.5, 0.6) is 0 Å². The molecular weight excluding hydrogens is 282 g/mol. The number of nitro groups is 1. The van der Waals surface area contributed by atoms with E-state index in [4.69, 9.17) is 5.11 Å². The first-order valence-corrected chi connectivity index (χ1v) is 4.99. The number of hydrogen-bond acceptors (Lipinski definition) is 4. The molecule has 0 bridgehead atoms. The molecule has 0 aliphatic carbocycles. The number of aryl methyl sites for hydroxylation is 1. The summed E-state index contributed by atoms with van der Waals surface area (Å²) < 4.78 is -0.00704. The van der Waals surface area contributed by atoms with E-state index in [0.29, 0.717) is 5.56 Å². The molecule has 1 rings (SSSR count). The van der Waals surface area contributed by atoms with Gasteiger partial charge in [0, 0.05) is 11.1 Å². The predicted molar refractivity (Wildman–Crippen MR) is 58.1 cm³/mol. The zero-order valence-electron chi connectivity index (χ0n) is 8.18. The number of rotatable bonds is 3. The molecule has 1 aromatic carbocycles. The highest BCUT2D eigenvalue weighted by molar-refractivity contribution is 9.10. The van der Waals surface area contributed by atoms with E-state index in [1.165, 1.54) is 19.1 Å². The molecule has 0 aliphatic rings. The summed E-state index contributed by atoms with van der Waals surface area (Å²) in [5.74, 6) is -1.46. The fourth-order valence-corrected chi connectivity index (χ4v) is 2.05. The summed E-state index contributed by atoms with van der Waals surface area (Å²) in [7, 11) is 0. The van der Waals surface area contributed by atoms with E-state index >= 15 is 0 Å². The van der Waals surface area contributed by atoms with Gasteiger partial charge in [-0.25, -0.2) is 4.79 Å². The van der Waals surface area contributed by atoms with Gasteiger partial charge in [0.25, 0.3) is 5.69 Å². The Morgan fingerprint density at radius 1 is 1.56 bits per heavy atom. The molecule has 0 saturated carbocycles. The monoisotopic (exact) mass is 289 g/mol. The van der Waals surface area contributed by atoms with Crippen LogP contribution < -0.4 is 0 Å². The third-order valence-corrected chi connectivity index (χ3v) is 2.89.